The molecule has 1 aromatic carbocycles. The smallest absolute Gasteiger partial charge is 0.329 e. The highest BCUT2D eigenvalue weighted by Gasteiger charge is 2.23. The number of fused-ring (bicyclic) bond motifs is 1. The number of imidazole rings is 1. The molecule has 0 amide bonds. The van der Waals surface area contributed by atoms with Gasteiger partial charge in [0, 0.05) is 7.05 Å². The van der Waals surface area contributed by atoms with Gasteiger partial charge in [-0.2, -0.15) is 0 Å². The number of ether oxygens (including phenoxy) is 1. The van der Waals surface area contributed by atoms with Gasteiger partial charge in [0.05, 0.1) is 17.1 Å². The van der Waals surface area contributed by atoms with Crippen LogP contribution in [0.3, 0.4) is 0 Å². The standard InChI is InChI=1S/C15H21N3O2/c1-5-10(2)20-14(19)11(3)18-13-9-7-6-8-12(13)17-15(18)16-4/h6-11H,5H2,1-4H3,(H,16,17). The summed E-state index contributed by atoms with van der Waals surface area (Å²) in [6.07, 6.45) is 0.736. The van der Waals surface area contributed by atoms with Gasteiger partial charge >= 0.3 is 5.97 Å². The lowest BCUT2D eigenvalue weighted by Gasteiger charge is -2.18. The Morgan fingerprint density at radius 3 is 2.75 bits per heavy atom. The molecule has 0 fully saturated rings. The van der Waals surface area contributed by atoms with Gasteiger partial charge in [-0.15, -0.1) is 0 Å². The van der Waals surface area contributed by atoms with Crippen molar-refractivity contribution in [2.24, 2.45) is 0 Å². The van der Waals surface area contributed by atoms with E-state index >= 15 is 0 Å². The van der Waals surface area contributed by atoms with Gasteiger partial charge in [-0.3, -0.25) is 4.57 Å². The average molecular weight is 275 g/mol. The number of benzene rings is 1. The third-order valence-electron chi connectivity index (χ3n) is 3.44. The number of rotatable bonds is 5. The van der Waals surface area contributed by atoms with E-state index in [-0.39, 0.29) is 12.1 Å². The predicted molar refractivity (Wildman–Crippen MR) is 79.8 cm³/mol. The van der Waals surface area contributed by atoms with Crippen molar-refractivity contribution in [3.63, 3.8) is 0 Å². The van der Waals surface area contributed by atoms with Crippen molar-refractivity contribution in [1.29, 1.82) is 0 Å². The molecule has 1 heterocycles. The van der Waals surface area contributed by atoms with Crippen LogP contribution in [0, 0.1) is 0 Å². The Balaban J connectivity index is 2.38. The number of carbonyl (C=O) groups excluding carboxylic acids is 1. The van der Waals surface area contributed by atoms with Gasteiger partial charge in [0.1, 0.15) is 6.04 Å². The number of para-hydroxylation sites is 2. The van der Waals surface area contributed by atoms with E-state index in [0.29, 0.717) is 5.95 Å². The summed E-state index contributed by atoms with van der Waals surface area (Å²) in [5.74, 6) is 0.429. The minimum Gasteiger partial charge on any atom is -0.461 e. The molecule has 2 atom stereocenters. The lowest BCUT2D eigenvalue weighted by molar-refractivity contribution is -0.151. The van der Waals surface area contributed by atoms with Crippen LogP contribution in [-0.2, 0) is 9.53 Å². The highest BCUT2D eigenvalue weighted by molar-refractivity contribution is 5.83. The van der Waals surface area contributed by atoms with Crippen molar-refractivity contribution in [3.8, 4) is 0 Å². The van der Waals surface area contributed by atoms with Crippen LogP contribution in [-0.4, -0.2) is 28.7 Å². The Labute approximate surface area is 118 Å². The molecule has 0 saturated heterocycles. The molecule has 2 aromatic rings. The topological polar surface area (TPSA) is 56.1 Å². The first kappa shape index (κ1) is 14.4. The van der Waals surface area contributed by atoms with Gasteiger partial charge in [-0.05, 0) is 32.4 Å². The third kappa shape index (κ3) is 2.61. The summed E-state index contributed by atoms with van der Waals surface area (Å²) < 4.78 is 7.29. The molecule has 0 aliphatic carbocycles. The molecule has 1 aromatic heterocycles. The molecule has 2 rings (SSSR count). The van der Waals surface area contributed by atoms with E-state index in [9.17, 15) is 4.79 Å². The molecule has 5 heteroatoms. The van der Waals surface area contributed by atoms with E-state index in [0.717, 1.165) is 17.5 Å². The largest absolute Gasteiger partial charge is 0.461 e. The SMILES string of the molecule is CCC(C)OC(=O)C(C)n1c(NC)nc2ccccc21. The monoisotopic (exact) mass is 275 g/mol. The fourth-order valence-corrected chi connectivity index (χ4v) is 2.10. The number of carbonyl (C=O) groups is 1. The Hall–Kier alpha value is -2.04. The maximum atomic E-state index is 12.2. The molecular weight excluding hydrogens is 254 g/mol. The van der Waals surface area contributed by atoms with Crippen molar-refractivity contribution >= 4 is 23.0 Å². The van der Waals surface area contributed by atoms with Crippen LogP contribution >= 0.6 is 0 Å². The number of anilines is 1. The van der Waals surface area contributed by atoms with E-state index in [4.69, 9.17) is 4.74 Å². The third-order valence-corrected chi connectivity index (χ3v) is 3.44. The molecule has 0 bridgehead atoms. The predicted octanol–water partition coefficient (Wildman–Crippen LogP) is 2.98. The zero-order chi connectivity index (χ0) is 14.7. The van der Waals surface area contributed by atoms with E-state index in [1.54, 1.807) is 7.05 Å². The number of hydrogen-bond acceptors (Lipinski definition) is 4. The molecule has 0 spiro atoms. The molecule has 108 valence electrons. The highest BCUT2D eigenvalue weighted by Crippen LogP contribution is 2.25. The van der Waals surface area contributed by atoms with Crippen LogP contribution < -0.4 is 5.32 Å². The van der Waals surface area contributed by atoms with Crippen LogP contribution in [0.1, 0.15) is 33.2 Å². The van der Waals surface area contributed by atoms with E-state index < -0.39 is 6.04 Å². The molecular formula is C15H21N3O2. The molecule has 20 heavy (non-hydrogen) atoms. The Morgan fingerprint density at radius 2 is 2.10 bits per heavy atom. The number of nitrogens with one attached hydrogen (secondary N) is 1. The van der Waals surface area contributed by atoms with E-state index in [2.05, 4.69) is 10.3 Å². The van der Waals surface area contributed by atoms with Gasteiger partial charge in [0.15, 0.2) is 0 Å². The second-order valence-electron chi connectivity index (χ2n) is 4.88. The summed E-state index contributed by atoms with van der Waals surface area (Å²) >= 11 is 0. The minimum atomic E-state index is -0.418. The van der Waals surface area contributed by atoms with Crippen LogP contribution in [0.25, 0.3) is 11.0 Å². The number of aromatic nitrogens is 2. The maximum absolute atomic E-state index is 12.2. The van der Waals surface area contributed by atoms with Crippen LogP contribution in [0.5, 0.6) is 0 Å². The first-order valence-electron chi connectivity index (χ1n) is 6.93. The van der Waals surface area contributed by atoms with Gasteiger partial charge < -0.3 is 10.1 Å². The number of esters is 1. The molecule has 0 saturated carbocycles. The van der Waals surface area contributed by atoms with E-state index in [1.165, 1.54) is 0 Å². The van der Waals surface area contributed by atoms with Crippen LogP contribution in [0.2, 0.25) is 0 Å². The van der Waals surface area contributed by atoms with Gasteiger partial charge in [0.2, 0.25) is 5.95 Å². The Kier molecular flexibility index (Phi) is 4.27. The summed E-state index contributed by atoms with van der Waals surface area (Å²) in [7, 11) is 1.80. The maximum Gasteiger partial charge on any atom is 0.329 e. The minimum absolute atomic E-state index is 0.0715. The second-order valence-corrected chi connectivity index (χ2v) is 4.88. The fourth-order valence-electron chi connectivity index (χ4n) is 2.10. The first-order valence-corrected chi connectivity index (χ1v) is 6.93. The lowest BCUT2D eigenvalue weighted by atomic mass is 10.2. The molecule has 2 unspecified atom stereocenters. The Bertz CT molecular complexity index is 606. The highest BCUT2D eigenvalue weighted by atomic mass is 16.5. The Morgan fingerprint density at radius 1 is 1.40 bits per heavy atom. The molecule has 0 radical (unpaired) electrons. The summed E-state index contributed by atoms with van der Waals surface area (Å²) in [6, 6.07) is 7.34. The van der Waals surface area contributed by atoms with Crippen molar-refractivity contribution in [2.75, 3.05) is 12.4 Å². The van der Waals surface area contributed by atoms with E-state index in [1.807, 2.05) is 49.6 Å². The molecule has 1 N–H and O–H groups in total. The fraction of sp³-hybridized carbons (Fsp3) is 0.467. The summed E-state index contributed by atoms with van der Waals surface area (Å²) in [6.45, 7) is 5.73. The first-order chi connectivity index (χ1) is 9.58. The van der Waals surface area contributed by atoms with Crippen molar-refractivity contribution < 1.29 is 9.53 Å². The van der Waals surface area contributed by atoms with Crippen LogP contribution in [0.4, 0.5) is 5.95 Å². The summed E-state index contributed by atoms with van der Waals surface area (Å²) in [5, 5.41) is 3.03. The zero-order valence-electron chi connectivity index (χ0n) is 12.4. The second kappa shape index (κ2) is 5.94. The molecule has 0 aliphatic rings. The number of nitrogens with zero attached hydrogens (tertiary/aromatic N) is 2. The van der Waals surface area contributed by atoms with Crippen molar-refractivity contribution in [2.45, 2.75) is 39.3 Å². The quantitative estimate of drug-likeness (QED) is 0.852. The number of hydrogen-bond donors (Lipinski definition) is 1. The van der Waals surface area contributed by atoms with Crippen molar-refractivity contribution in [3.05, 3.63) is 24.3 Å². The van der Waals surface area contributed by atoms with Gasteiger partial charge in [-0.25, -0.2) is 9.78 Å². The molecule has 5 nitrogen and oxygen atoms in total. The zero-order valence-corrected chi connectivity index (χ0v) is 12.4. The van der Waals surface area contributed by atoms with Gasteiger partial charge in [-0.1, -0.05) is 19.1 Å². The lowest BCUT2D eigenvalue weighted by Crippen LogP contribution is -2.24. The van der Waals surface area contributed by atoms with Crippen LogP contribution in [0.15, 0.2) is 24.3 Å². The normalized spacial score (nSPS) is 14.0. The van der Waals surface area contributed by atoms with Crippen molar-refractivity contribution in [1.82, 2.24) is 9.55 Å². The summed E-state index contributed by atoms with van der Waals surface area (Å²) in [4.78, 5) is 16.7. The van der Waals surface area contributed by atoms with Gasteiger partial charge in [0.25, 0.3) is 0 Å². The molecule has 0 aliphatic heterocycles. The summed E-state index contributed by atoms with van der Waals surface area (Å²) in [5.41, 5.74) is 1.78. The average Bonchev–Trinajstić information content (AvgIpc) is 2.84.